The number of fused-ring (bicyclic) bond motifs is 1. The number of nitrogens with one attached hydrogen (secondary N) is 1. The molecular weight excluding hydrogens is 188 g/mol. The van der Waals surface area contributed by atoms with Crippen LogP contribution < -0.4 is 11.1 Å². The van der Waals surface area contributed by atoms with E-state index >= 15 is 0 Å². The summed E-state index contributed by atoms with van der Waals surface area (Å²) in [6, 6.07) is 3.74. The largest absolute Gasteiger partial charge is 0.508 e. The Kier molecular flexibility index (Phi) is 2.57. The van der Waals surface area contributed by atoms with Crippen LogP contribution in [0.2, 0.25) is 0 Å². The standard InChI is InChI=1S/C12H18N2O/c1-7(2)12-11-8(5-6-14-12)10(15)4-3-9(11)13/h3-4,7,12,14-15H,5-6,13H2,1-2H3. The van der Waals surface area contributed by atoms with Gasteiger partial charge in [0.2, 0.25) is 0 Å². The lowest BCUT2D eigenvalue weighted by molar-refractivity contribution is 0.386. The zero-order valence-corrected chi connectivity index (χ0v) is 9.25. The van der Waals surface area contributed by atoms with Gasteiger partial charge >= 0.3 is 0 Å². The zero-order valence-electron chi connectivity index (χ0n) is 9.25. The molecule has 0 aromatic heterocycles. The number of benzene rings is 1. The number of anilines is 1. The Hall–Kier alpha value is -1.22. The Bertz CT molecular complexity index is 374. The van der Waals surface area contributed by atoms with Gasteiger partial charge < -0.3 is 16.2 Å². The maximum absolute atomic E-state index is 9.80. The highest BCUT2D eigenvalue weighted by molar-refractivity contribution is 5.58. The topological polar surface area (TPSA) is 58.3 Å². The van der Waals surface area contributed by atoms with Gasteiger partial charge in [0.1, 0.15) is 5.75 Å². The molecule has 1 aromatic rings. The van der Waals surface area contributed by atoms with E-state index < -0.39 is 0 Å². The lowest BCUT2D eigenvalue weighted by Crippen LogP contribution is -2.33. The zero-order chi connectivity index (χ0) is 11.0. The average Bonchev–Trinajstić information content (AvgIpc) is 2.23. The van der Waals surface area contributed by atoms with Crippen LogP contribution in [0.4, 0.5) is 5.69 Å². The number of nitrogens with two attached hydrogens (primary N) is 1. The van der Waals surface area contributed by atoms with Gasteiger partial charge in [-0.1, -0.05) is 13.8 Å². The Labute approximate surface area is 90.3 Å². The van der Waals surface area contributed by atoms with Crippen LogP contribution in [0, 0.1) is 5.92 Å². The van der Waals surface area contributed by atoms with Gasteiger partial charge in [0.15, 0.2) is 0 Å². The van der Waals surface area contributed by atoms with Crippen LogP contribution in [-0.4, -0.2) is 11.7 Å². The molecule has 0 amide bonds. The quantitative estimate of drug-likeness (QED) is 0.485. The second-order valence-corrected chi connectivity index (χ2v) is 4.49. The van der Waals surface area contributed by atoms with Gasteiger partial charge in [-0.2, -0.15) is 0 Å². The minimum Gasteiger partial charge on any atom is -0.508 e. The summed E-state index contributed by atoms with van der Waals surface area (Å²) >= 11 is 0. The Balaban J connectivity index is 2.54. The van der Waals surface area contributed by atoms with E-state index in [4.69, 9.17) is 5.73 Å². The van der Waals surface area contributed by atoms with Crippen molar-refractivity contribution in [3.8, 4) is 5.75 Å². The highest BCUT2D eigenvalue weighted by Gasteiger charge is 2.26. The molecule has 0 saturated heterocycles. The van der Waals surface area contributed by atoms with Crippen LogP contribution in [0.15, 0.2) is 12.1 Å². The van der Waals surface area contributed by atoms with E-state index in [2.05, 4.69) is 19.2 Å². The summed E-state index contributed by atoms with van der Waals surface area (Å²) in [6.07, 6.45) is 0.857. The molecule has 82 valence electrons. The number of rotatable bonds is 1. The Morgan fingerprint density at radius 2 is 2.20 bits per heavy atom. The summed E-state index contributed by atoms with van der Waals surface area (Å²) in [5.74, 6) is 0.861. The van der Waals surface area contributed by atoms with Gasteiger partial charge in [0.25, 0.3) is 0 Å². The summed E-state index contributed by atoms with van der Waals surface area (Å²) in [6.45, 7) is 5.24. The van der Waals surface area contributed by atoms with E-state index in [1.165, 1.54) is 0 Å². The number of hydrogen-bond donors (Lipinski definition) is 3. The summed E-state index contributed by atoms with van der Waals surface area (Å²) in [5, 5.41) is 13.2. The third-order valence-corrected chi connectivity index (χ3v) is 3.08. The van der Waals surface area contributed by atoms with E-state index in [1.807, 2.05) is 0 Å². The number of phenolic OH excluding ortho intramolecular Hbond substituents is 1. The van der Waals surface area contributed by atoms with Gasteiger partial charge in [-0.3, -0.25) is 0 Å². The van der Waals surface area contributed by atoms with E-state index in [1.54, 1.807) is 12.1 Å². The molecule has 1 atom stereocenters. The van der Waals surface area contributed by atoms with Crippen molar-refractivity contribution in [3.63, 3.8) is 0 Å². The van der Waals surface area contributed by atoms with Crippen LogP contribution in [-0.2, 0) is 6.42 Å². The van der Waals surface area contributed by atoms with Crippen LogP contribution in [0.5, 0.6) is 5.75 Å². The van der Waals surface area contributed by atoms with Gasteiger partial charge in [0.05, 0.1) is 0 Å². The molecular formula is C12H18N2O. The van der Waals surface area contributed by atoms with Crippen molar-refractivity contribution < 1.29 is 5.11 Å². The molecule has 1 aliphatic heterocycles. The number of nitrogen functional groups attached to an aromatic ring is 1. The van der Waals surface area contributed by atoms with Gasteiger partial charge in [-0.25, -0.2) is 0 Å². The molecule has 1 heterocycles. The van der Waals surface area contributed by atoms with Crippen molar-refractivity contribution >= 4 is 5.69 Å². The van der Waals surface area contributed by atoms with E-state index in [9.17, 15) is 5.11 Å². The minimum atomic E-state index is 0.265. The van der Waals surface area contributed by atoms with Crippen LogP contribution in [0.1, 0.15) is 31.0 Å². The van der Waals surface area contributed by atoms with Gasteiger partial charge in [-0.05, 0) is 36.6 Å². The molecule has 2 rings (SSSR count). The van der Waals surface area contributed by atoms with Crippen LogP contribution >= 0.6 is 0 Å². The van der Waals surface area contributed by atoms with E-state index in [0.717, 1.165) is 29.8 Å². The molecule has 15 heavy (non-hydrogen) atoms. The summed E-state index contributed by atoms with van der Waals surface area (Å²) < 4.78 is 0. The molecule has 1 aliphatic rings. The van der Waals surface area contributed by atoms with E-state index in [0.29, 0.717) is 11.7 Å². The van der Waals surface area contributed by atoms with Crippen molar-refractivity contribution in [2.75, 3.05) is 12.3 Å². The monoisotopic (exact) mass is 206 g/mol. The number of phenols is 1. The Morgan fingerprint density at radius 1 is 1.47 bits per heavy atom. The average molecular weight is 206 g/mol. The summed E-state index contributed by atoms with van der Waals surface area (Å²) in [5.41, 5.74) is 8.89. The number of aromatic hydroxyl groups is 1. The number of hydrogen-bond acceptors (Lipinski definition) is 3. The molecule has 0 aliphatic carbocycles. The normalized spacial score (nSPS) is 20.3. The fourth-order valence-electron chi connectivity index (χ4n) is 2.33. The smallest absolute Gasteiger partial charge is 0.119 e. The van der Waals surface area contributed by atoms with Crippen LogP contribution in [0.3, 0.4) is 0 Å². The lowest BCUT2D eigenvalue weighted by Gasteiger charge is -2.31. The van der Waals surface area contributed by atoms with Crippen molar-refractivity contribution in [3.05, 3.63) is 23.3 Å². The van der Waals surface area contributed by atoms with Crippen molar-refractivity contribution in [1.82, 2.24) is 5.32 Å². The first-order valence-electron chi connectivity index (χ1n) is 5.45. The third kappa shape index (κ3) is 1.67. The second-order valence-electron chi connectivity index (χ2n) is 4.49. The second kappa shape index (κ2) is 3.74. The fourth-order valence-corrected chi connectivity index (χ4v) is 2.33. The van der Waals surface area contributed by atoms with Gasteiger partial charge in [0, 0.05) is 17.3 Å². The molecule has 1 aromatic carbocycles. The van der Waals surface area contributed by atoms with Crippen molar-refractivity contribution in [1.29, 1.82) is 0 Å². The maximum atomic E-state index is 9.80. The lowest BCUT2D eigenvalue weighted by atomic mass is 9.86. The SMILES string of the molecule is CC(C)C1NCCc2c(O)ccc(N)c21. The first-order chi connectivity index (χ1) is 7.11. The molecule has 3 nitrogen and oxygen atoms in total. The van der Waals surface area contributed by atoms with Crippen LogP contribution in [0.25, 0.3) is 0 Å². The van der Waals surface area contributed by atoms with Crippen molar-refractivity contribution in [2.24, 2.45) is 5.92 Å². The first-order valence-corrected chi connectivity index (χ1v) is 5.45. The molecule has 3 heteroatoms. The molecule has 0 bridgehead atoms. The predicted molar refractivity (Wildman–Crippen MR) is 61.8 cm³/mol. The first kappa shape index (κ1) is 10.3. The molecule has 1 unspecified atom stereocenters. The summed E-state index contributed by atoms with van der Waals surface area (Å²) in [7, 11) is 0. The summed E-state index contributed by atoms with van der Waals surface area (Å²) in [4.78, 5) is 0. The molecule has 0 fully saturated rings. The Morgan fingerprint density at radius 3 is 2.87 bits per heavy atom. The van der Waals surface area contributed by atoms with Gasteiger partial charge in [-0.15, -0.1) is 0 Å². The molecule has 0 radical (unpaired) electrons. The maximum Gasteiger partial charge on any atom is 0.119 e. The highest BCUT2D eigenvalue weighted by atomic mass is 16.3. The fraction of sp³-hybridized carbons (Fsp3) is 0.500. The third-order valence-electron chi connectivity index (χ3n) is 3.08. The minimum absolute atomic E-state index is 0.265. The predicted octanol–water partition coefficient (Wildman–Crippen LogP) is 1.82. The van der Waals surface area contributed by atoms with Crippen molar-refractivity contribution in [2.45, 2.75) is 26.3 Å². The highest BCUT2D eigenvalue weighted by Crippen LogP contribution is 2.37. The molecule has 0 saturated carbocycles. The molecule has 0 spiro atoms. The molecule has 4 N–H and O–H groups in total. The van der Waals surface area contributed by atoms with E-state index in [-0.39, 0.29) is 6.04 Å².